The summed E-state index contributed by atoms with van der Waals surface area (Å²) in [4.78, 5) is 20.4. The van der Waals surface area contributed by atoms with E-state index in [0.29, 0.717) is 36.2 Å². The van der Waals surface area contributed by atoms with Gasteiger partial charge in [-0.25, -0.2) is 18.6 Å². The van der Waals surface area contributed by atoms with Crippen LogP contribution in [0.2, 0.25) is 0 Å². The first-order chi connectivity index (χ1) is 18.6. The van der Waals surface area contributed by atoms with Gasteiger partial charge in [-0.1, -0.05) is 24.8 Å². The molecule has 2 aromatic carbocycles. The van der Waals surface area contributed by atoms with Gasteiger partial charge in [-0.2, -0.15) is 0 Å². The highest BCUT2D eigenvalue weighted by Crippen LogP contribution is 2.43. The Morgan fingerprint density at radius 3 is 2.74 bits per heavy atom. The number of amidine groups is 1. The number of hydrogen-bond acceptors (Lipinski definition) is 7. The van der Waals surface area contributed by atoms with E-state index in [4.69, 9.17) is 14.5 Å². The van der Waals surface area contributed by atoms with Gasteiger partial charge in [0, 0.05) is 54.8 Å². The normalized spacial score (nSPS) is 18.5. The average molecular weight is 533 g/mol. The van der Waals surface area contributed by atoms with Gasteiger partial charge in [0.15, 0.2) is 11.5 Å². The topological polar surface area (TPSA) is 86.6 Å². The smallest absolute Gasteiger partial charge is 0.337 e. The highest BCUT2D eigenvalue weighted by Gasteiger charge is 2.42. The van der Waals surface area contributed by atoms with Crippen molar-refractivity contribution in [3.05, 3.63) is 101 Å². The molecule has 1 atom stereocenters. The van der Waals surface area contributed by atoms with Crippen LogP contribution in [0.3, 0.4) is 0 Å². The summed E-state index contributed by atoms with van der Waals surface area (Å²) in [6.07, 6.45) is 5.28. The lowest BCUT2D eigenvalue weighted by Crippen LogP contribution is -2.46. The summed E-state index contributed by atoms with van der Waals surface area (Å²) in [6.45, 7) is 8.04. The number of benzene rings is 2. The quantitative estimate of drug-likeness (QED) is 0.510. The van der Waals surface area contributed by atoms with E-state index >= 15 is 8.78 Å². The summed E-state index contributed by atoms with van der Waals surface area (Å²) in [5, 5.41) is 12.4. The summed E-state index contributed by atoms with van der Waals surface area (Å²) >= 11 is 0. The van der Waals surface area contributed by atoms with Crippen molar-refractivity contribution in [1.82, 2.24) is 9.80 Å². The van der Waals surface area contributed by atoms with Crippen molar-refractivity contribution < 1.29 is 28.2 Å². The minimum atomic E-state index is -3.27. The number of rotatable bonds is 6. The molecule has 39 heavy (non-hydrogen) atoms. The fourth-order valence-corrected chi connectivity index (χ4v) is 5.26. The van der Waals surface area contributed by atoms with Gasteiger partial charge in [-0.15, -0.1) is 0 Å². The van der Waals surface area contributed by atoms with Gasteiger partial charge in [0.2, 0.25) is 6.79 Å². The zero-order valence-corrected chi connectivity index (χ0v) is 21.4. The summed E-state index contributed by atoms with van der Waals surface area (Å²) in [6, 6.07) is 8.31. The molecule has 10 heteroatoms. The van der Waals surface area contributed by atoms with Gasteiger partial charge in [0.25, 0.3) is 5.92 Å². The fraction of sp³-hybridized carbons (Fsp3) is 0.241. The number of nitrogens with one attached hydrogen (secondary N) is 1. The average Bonchev–Trinajstić information content (AvgIpc) is 3.53. The molecular weight excluding hydrogens is 506 g/mol. The molecular formula is C29H26F2N4O4. The number of alkyl halides is 2. The minimum Gasteiger partial charge on any atom is -0.478 e. The number of aromatic carboxylic acids is 1. The summed E-state index contributed by atoms with van der Waals surface area (Å²) in [7, 11) is 0. The summed E-state index contributed by atoms with van der Waals surface area (Å²) < 4.78 is 41.7. The Bertz CT molecular complexity index is 1540. The third-order valence-corrected chi connectivity index (χ3v) is 7.08. The number of nitrogens with zero attached hydrogens (tertiary/aromatic N) is 3. The van der Waals surface area contributed by atoms with Crippen LogP contribution in [0.1, 0.15) is 35.3 Å². The van der Waals surface area contributed by atoms with Crippen LogP contribution in [0, 0.1) is 0 Å². The van der Waals surface area contributed by atoms with Gasteiger partial charge < -0.3 is 29.7 Å². The minimum absolute atomic E-state index is 0.0910. The number of aliphatic imine (C=N–C) groups is 1. The second kappa shape index (κ2) is 9.00. The highest BCUT2D eigenvalue weighted by molar-refractivity contribution is 6.05. The fourth-order valence-electron chi connectivity index (χ4n) is 5.26. The molecule has 0 fully saturated rings. The zero-order chi connectivity index (χ0) is 27.5. The van der Waals surface area contributed by atoms with Crippen molar-refractivity contribution in [2.45, 2.75) is 38.9 Å². The van der Waals surface area contributed by atoms with Crippen molar-refractivity contribution >= 4 is 17.5 Å². The molecule has 0 unspecified atom stereocenters. The zero-order valence-electron chi connectivity index (χ0n) is 21.4. The number of carboxylic acids is 1. The number of hydrogen-bond donors (Lipinski definition) is 2. The van der Waals surface area contributed by atoms with Gasteiger partial charge in [-0.3, -0.25) is 0 Å². The second-order valence-electron chi connectivity index (χ2n) is 9.95. The van der Waals surface area contributed by atoms with Crippen molar-refractivity contribution in [3.63, 3.8) is 0 Å². The first kappa shape index (κ1) is 24.7. The Kier molecular flexibility index (Phi) is 5.71. The van der Waals surface area contributed by atoms with Crippen molar-refractivity contribution in [3.8, 4) is 11.5 Å². The Balaban J connectivity index is 1.37. The maximum Gasteiger partial charge on any atom is 0.337 e. The Morgan fingerprint density at radius 2 is 1.97 bits per heavy atom. The Hall–Kier alpha value is -4.60. The van der Waals surface area contributed by atoms with Crippen molar-refractivity contribution in [2.75, 3.05) is 12.1 Å². The van der Waals surface area contributed by atoms with Crippen LogP contribution in [-0.2, 0) is 13.1 Å². The number of allylic oxidation sites excluding steroid dienone is 3. The van der Waals surface area contributed by atoms with E-state index in [9.17, 15) is 9.90 Å². The van der Waals surface area contributed by atoms with E-state index in [0.717, 1.165) is 29.4 Å². The maximum absolute atomic E-state index is 15.3. The first-order valence-corrected chi connectivity index (χ1v) is 12.4. The lowest BCUT2D eigenvalue weighted by molar-refractivity contribution is 0.0131. The lowest BCUT2D eigenvalue weighted by Gasteiger charge is -2.38. The number of carbonyl (C=O) groups is 1. The molecule has 0 radical (unpaired) electrons. The van der Waals surface area contributed by atoms with Crippen LogP contribution < -0.4 is 14.8 Å². The third-order valence-electron chi connectivity index (χ3n) is 7.08. The van der Waals surface area contributed by atoms with E-state index in [1.165, 1.54) is 12.1 Å². The second-order valence-corrected chi connectivity index (χ2v) is 9.95. The van der Waals surface area contributed by atoms with Gasteiger partial charge in [-0.05, 0) is 42.3 Å². The third kappa shape index (κ3) is 4.31. The summed E-state index contributed by atoms with van der Waals surface area (Å²) in [5.74, 6) is -2.17. The SMILES string of the molecule is C=C1C=C(N2Cc3ccc4c(c3C2)OCO4)N=C2C([C@H](Nc3ccccc3C(=O)O)C(C)(F)F)=CC(C)=CN12. The molecule has 2 aromatic rings. The van der Waals surface area contributed by atoms with Crippen LogP contribution in [0.4, 0.5) is 14.5 Å². The predicted octanol–water partition coefficient (Wildman–Crippen LogP) is 5.48. The molecule has 200 valence electrons. The van der Waals surface area contributed by atoms with Crippen LogP contribution in [-0.4, -0.2) is 45.5 Å². The molecule has 0 amide bonds. The van der Waals surface area contributed by atoms with Gasteiger partial charge in [0.1, 0.15) is 17.7 Å². The van der Waals surface area contributed by atoms with E-state index in [1.54, 1.807) is 36.2 Å². The molecule has 0 bridgehead atoms. The largest absolute Gasteiger partial charge is 0.478 e. The summed E-state index contributed by atoms with van der Waals surface area (Å²) in [5.41, 5.74) is 3.61. The highest BCUT2D eigenvalue weighted by atomic mass is 19.3. The van der Waals surface area contributed by atoms with E-state index in [1.807, 2.05) is 23.1 Å². The van der Waals surface area contributed by atoms with E-state index in [-0.39, 0.29) is 23.6 Å². The Labute approximate surface area is 223 Å². The number of anilines is 1. The molecule has 0 spiro atoms. The molecule has 0 saturated carbocycles. The monoisotopic (exact) mass is 532 g/mol. The molecule has 4 aliphatic rings. The molecule has 6 rings (SSSR count). The van der Waals surface area contributed by atoms with Crippen LogP contribution in [0.25, 0.3) is 0 Å². The van der Waals surface area contributed by atoms with Gasteiger partial charge >= 0.3 is 5.97 Å². The van der Waals surface area contributed by atoms with E-state index < -0.39 is 17.9 Å². The number of fused-ring (bicyclic) bond motifs is 4. The number of para-hydroxylation sites is 1. The molecule has 4 aliphatic heterocycles. The molecule has 0 saturated heterocycles. The van der Waals surface area contributed by atoms with Crippen LogP contribution in [0.15, 0.2) is 89.0 Å². The molecule has 0 aromatic heterocycles. The first-order valence-electron chi connectivity index (χ1n) is 12.4. The maximum atomic E-state index is 15.3. The van der Waals surface area contributed by atoms with Crippen molar-refractivity contribution in [2.24, 2.45) is 4.99 Å². The molecule has 0 aliphatic carbocycles. The number of ether oxygens (including phenoxy) is 2. The standard InChI is InChI=1S/C29H26F2N4O4/c1-16-10-20(26(29(3,30)31)32-22-7-5-4-6-19(22)28(36)37)27-33-24(11-17(2)35(27)12-16)34-13-18-8-9-23-25(21(18)14-34)39-15-38-23/h4-12,26,32H,2,13-15H2,1,3H3,(H,36,37)/t26-/m0/s1. The number of halogens is 2. The van der Waals surface area contributed by atoms with Crippen molar-refractivity contribution in [1.29, 1.82) is 0 Å². The predicted molar refractivity (Wildman–Crippen MR) is 142 cm³/mol. The molecule has 4 heterocycles. The van der Waals surface area contributed by atoms with Crippen LogP contribution >= 0.6 is 0 Å². The van der Waals surface area contributed by atoms with Crippen LogP contribution in [0.5, 0.6) is 11.5 Å². The molecule has 2 N–H and O–H groups in total. The Morgan fingerprint density at radius 1 is 1.18 bits per heavy atom. The molecule has 8 nitrogen and oxygen atoms in total. The van der Waals surface area contributed by atoms with Gasteiger partial charge in [0.05, 0.1) is 5.56 Å². The van der Waals surface area contributed by atoms with E-state index in [2.05, 4.69) is 11.9 Å². The number of carboxylic acid groups (broad SMARTS) is 1. The lowest BCUT2D eigenvalue weighted by atomic mass is 9.94.